The lowest BCUT2D eigenvalue weighted by atomic mass is 9.96. The van der Waals surface area contributed by atoms with Crippen LogP contribution in [0.3, 0.4) is 0 Å². The summed E-state index contributed by atoms with van der Waals surface area (Å²) in [6.07, 6.45) is 6.15. The largest absolute Gasteiger partial charge is 0.350 e. The molecule has 2 heteroatoms. The predicted octanol–water partition coefficient (Wildman–Crippen LogP) is 0.451. The highest BCUT2D eigenvalue weighted by molar-refractivity contribution is 5.82. The summed E-state index contributed by atoms with van der Waals surface area (Å²) >= 11 is 0. The fraction of sp³-hybridized carbons (Fsp3) is 0.571. The molecule has 9 heavy (non-hydrogen) atoms. The number of carbonyl (C=O) groups excluding carboxylic acids is 1. The molecule has 1 amide bonds. The quantitative estimate of drug-likeness (QED) is 0.465. The van der Waals surface area contributed by atoms with E-state index >= 15 is 0 Å². The summed E-state index contributed by atoms with van der Waals surface area (Å²) in [5.74, 6) is 0.532. The van der Waals surface area contributed by atoms with Gasteiger partial charge in [-0.2, -0.15) is 0 Å². The maximum absolute atomic E-state index is 10.9. The second-order valence-electron chi connectivity index (χ2n) is 2.71. The van der Waals surface area contributed by atoms with Crippen molar-refractivity contribution >= 4 is 5.91 Å². The highest BCUT2D eigenvalue weighted by Crippen LogP contribution is 2.24. The number of rotatable bonds is 0. The van der Waals surface area contributed by atoms with Gasteiger partial charge in [-0.15, -0.1) is 0 Å². The second kappa shape index (κ2) is 1.59. The molecule has 1 saturated heterocycles. The first-order valence-electron chi connectivity index (χ1n) is 3.33. The van der Waals surface area contributed by atoms with Crippen LogP contribution in [0.4, 0.5) is 0 Å². The van der Waals surface area contributed by atoms with Crippen LogP contribution in [0.15, 0.2) is 12.2 Å². The molecule has 2 rings (SSSR count). The van der Waals surface area contributed by atoms with Crippen molar-refractivity contribution in [3.05, 3.63) is 12.2 Å². The summed E-state index contributed by atoms with van der Waals surface area (Å²) in [5, 5.41) is 2.89. The standard InChI is InChI=1S/C7H9NO/c9-7-5-2-1-3-6(4-5)8-7/h1,3,5-6H,2,4H2,(H,8,9). The molecule has 1 heterocycles. The minimum atomic E-state index is 0.241. The number of amides is 1. The Bertz CT molecular complexity index is 174. The van der Waals surface area contributed by atoms with Gasteiger partial charge < -0.3 is 5.32 Å². The summed E-state index contributed by atoms with van der Waals surface area (Å²) in [4.78, 5) is 10.9. The molecule has 0 saturated carbocycles. The zero-order valence-electron chi connectivity index (χ0n) is 5.13. The molecule has 1 aliphatic heterocycles. The third-order valence-electron chi connectivity index (χ3n) is 2.03. The molecule has 2 unspecified atom stereocenters. The minimum absolute atomic E-state index is 0.241. The van der Waals surface area contributed by atoms with Gasteiger partial charge in [-0.3, -0.25) is 4.79 Å². The fourth-order valence-corrected chi connectivity index (χ4v) is 1.51. The van der Waals surface area contributed by atoms with Gasteiger partial charge in [0.15, 0.2) is 0 Å². The third kappa shape index (κ3) is 0.661. The zero-order valence-corrected chi connectivity index (χ0v) is 5.13. The highest BCUT2D eigenvalue weighted by Gasteiger charge is 2.31. The van der Waals surface area contributed by atoms with Gasteiger partial charge in [-0.1, -0.05) is 12.2 Å². The van der Waals surface area contributed by atoms with Gasteiger partial charge in [0.05, 0.1) is 0 Å². The number of allylic oxidation sites excluding steroid dienone is 1. The molecule has 1 aliphatic carbocycles. The molecule has 1 N–H and O–H groups in total. The van der Waals surface area contributed by atoms with Gasteiger partial charge in [0.25, 0.3) is 0 Å². The van der Waals surface area contributed by atoms with E-state index in [4.69, 9.17) is 0 Å². The molecule has 2 nitrogen and oxygen atoms in total. The van der Waals surface area contributed by atoms with Gasteiger partial charge in [0, 0.05) is 12.0 Å². The van der Waals surface area contributed by atoms with Crippen molar-refractivity contribution in [2.75, 3.05) is 0 Å². The SMILES string of the molecule is O=C1NC2C=CCC1C2. The first-order valence-corrected chi connectivity index (χ1v) is 3.33. The van der Waals surface area contributed by atoms with E-state index in [0.29, 0.717) is 12.0 Å². The van der Waals surface area contributed by atoms with Crippen molar-refractivity contribution in [3.8, 4) is 0 Å². The molecule has 0 aromatic carbocycles. The van der Waals surface area contributed by atoms with E-state index in [9.17, 15) is 4.79 Å². The molecule has 1 fully saturated rings. The van der Waals surface area contributed by atoms with E-state index in [0.717, 1.165) is 12.8 Å². The van der Waals surface area contributed by atoms with Crippen LogP contribution in [0.1, 0.15) is 12.8 Å². The maximum Gasteiger partial charge on any atom is 0.223 e. The third-order valence-corrected chi connectivity index (χ3v) is 2.03. The van der Waals surface area contributed by atoms with Crippen molar-refractivity contribution < 1.29 is 4.79 Å². The van der Waals surface area contributed by atoms with Crippen LogP contribution in [-0.2, 0) is 4.79 Å². The molecule has 0 spiro atoms. The molecule has 2 aliphatic rings. The lowest BCUT2D eigenvalue weighted by Gasteiger charge is -2.06. The van der Waals surface area contributed by atoms with Gasteiger partial charge >= 0.3 is 0 Å². The number of hydrogen-bond donors (Lipinski definition) is 1. The summed E-state index contributed by atoms with van der Waals surface area (Å²) in [5.41, 5.74) is 0. The minimum Gasteiger partial charge on any atom is -0.350 e. The average molecular weight is 123 g/mol. The molecule has 0 radical (unpaired) electrons. The van der Waals surface area contributed by atoms with Gasteiger partial charge in [-0.25, -0.2) is 0 Å². The van der Waals surface area contributed by atoms with Crippen LogP contribution in [0.5, 0.6) is 0 Å². The molecule has 0 aromatic heterocycles. The Balaban J connectivity index is 2.26. The Morgan fingerprint density at radius 3 is 3.22 bits per heavy atom. The lowest BCUT2D eigenvalue weighted by Crippen LogP contribution is -2.23. The van der Waals surface area contributed by atoms with E-state index < -0.39 is 0 Å². The van der Waals surface area contributed by atoms with Gasteiger partial charge in [-0.05, 0) is 12.8 Å². The van der Waals surface area contributed by atoms with Crippen molar-refractivity contribution in [1.82, 2.24) is 5.32 Å². The van der Waals surface area contributed by atoms with Crippen LogP contribution in [0.25, 0.3) is 0 Å². The van der Waals surface area contributed by atoms with Crippen molar-refractivity contribution in [3.63, 3.8) is 0 Å². The van der Waals surface area contributed by atoms with E-state index in [2.05, 4.69) is 17.5 Å². The molecule has 48 valence electrons. The Hall–Kier alpha value is -0.790. The van der Waals surface area contributed by atoms with Crippen molar-refractivity contribution in [2.24, 2.45) is 5.92 Å². The molecular weight excluding hydrogens is 114 g/mol. The highest BCUT2D eigenvalue weighted by atomic mass is 16.2. The van der Waals surface area contributed by atoms with Crippen LogP contribution in [0.2, 0.25) is 0 Å². The Labute approximate surface area is 53.9 Å². The Morgan fingerprint density at radius 2 is 2.56 bits per heavy atom. The van der Waals surface area contributed by atoms with Crippen molar-refractivity contribution in [2.45, 2.75) is 18.9 Å². The Morgan fingerprint density at radius 1 is 1.67 bits per heavy atom. The summed E-state index contributed by atoms with van der Waals surface area (Å²) < 4.78 is 0. The first-order chi connectivity index (χ1) is 4.36. The van der Waals surface area contributed by atoms with Gasteiger partial charge in [0.1, 0.15) is 0 Å². The topological polar surface area (TPSA) is 29.1 Å². The number of carbonyl (C=O) groups is 1. The van der Waals surface area contributed by atoms with E-state index in [1.807, 2.05) is 0 Å². The van der Waals surface area contributed by atoms with Crippen LogP contribution < -0.4 is 5.32 Å². The molecule has 2 atom stereocenters. The number of hydrogen-bond acceptors (Lipinski definition) is 1. The monoisotopic (exact) mass is 123 g/mol. The van der Waals surface area contributed by atoms with Crippen molar-refractivity contribution in [1.29, 1.82) is 0 Å². The first kappa shape index (κ1) is 5.03. The summed E-state index contributed by atoms with van der Waals surface area (Å²) in [6, 6.07) is 0.358. The van der Waals surface area contributed by atoms with E-state index in [-0.39, 0.29) is 5.91 Å². The normalized spacial score (nSPS) is 38.9. The number of fused-ring (bicyclic) bond motifs is 2. The molecular formula is C7H9NO. The number of nitrogens with one attached hydrogen (secondary N) is 1. The zero-order chi connectivity index (χ0) is 6.27. The van der Waals surface area contributed by atoms with E-state index in [1.165, 1.54) is 0 Å². The molecule has 0 aromatic rings. The summed E-state index contributed by atoms with van der Waals surface area (Å²) in [6.45, 7) is 0. The van der Waals surface area contributed by atoms with Gasteiger partial charge in [0.2, 0.25) is 5.91 Å². The lowest BCUT2D eigenvalue weighted by molar-refractivity contribution is -0.122. The van der Waals surface area contributed by atoms with Crippen LogP contribution >= 0.6 is 0 Å². The van der Waals surface area contributed by atoms with Crippen LogP contribution in [-0.4, -0.2) is 11.9 Å². The predicted molar refractivity (Wildman–Crippen MR) is 33.8 cm³/mol. The Kier molecular flexibility index (Phi) is 0.891. The molecule has 2 bridgehead atoms. The average Bonchev–Trinajstić information content (AvgIpc) is 2.09. The second-order valence-corrected chi connectivity index (χ2v) is 2.71. The smallest absolute Gasteiger partial charge is 0.223 e. The fourth-order valence-electron chi connectivity index (χ4n) is 1.51. The maximum atomic E-state index is 10.9. The van der Waals surface area contributed by atoms with Crippen LogP contribution in [0, 0.1) is 5.92 Å². The summed E-state index contributed by atoms with van der Waals surface area (Å²) in [7, 11) is 0. The van der Waals surface area contributed by atoms with E-state index in [1.54, 1.807) is 0 Å².